The summed E-state index contributed by atoms with van der Waals surface area (Å²) in [6.07, 6.45) is 4.76. The van der Waals surface area contributed by atoms with Crippen LogP contribution in [-0.4, -0.2) is 23.1 Å². The van der Waals surface area contributed by atoms with Gasteiger partial charge in [-0.1, -0.05) is 24.3 Å². The van der Waals surface area contributed by atoms with Crippen LogP contribution in [0.25, 0.3) is 6.08 Å². The fourth-order valence-electron chi connectivity index (χ4n) is 1.56. The minimum atomic E-state index is -0.970. The summed E-state index contributed by atoms with van der Waals surface area (Å²) in [7, 11) is 0. The predicted octanol–water partition coefficient (Wildman–Crippen LogP) is 1.75. The molecule has 0 atom stereocenters. The van der Waals surface area contributed by atoms with Gasteiger partial charge in [0.25, 0.3) is 0 Å². The van der Waals surface area contributed by atoms with Gasteiger partial charge in [0.1, 0.15) is 0 Å². The number of carboxylic acids is 1. The quantitative estimate of drug-likeness (QED) is 0.706. The van der Waals surface area contributed by atoms with Crippen LogP contribution in [0.1, 0.15) is 24.0 Å². The molecule has 2 amide bonds. The first-order valence-electron chi connectivity index (χ1n) is 6.18. The first-order valence-corrected chi connectivity index (χ1v) is 6.18. The van der Waals surface area contributed by atoms with Crippen molar-refractivity contribution in [2.45, 2.75) is 25.4 Å². The van der Waals surface area contributed by atoms with Gasteiger partial charge in [-0.3, -0.25) is 0 Å². The van der Waals surface area contributed by atoms with Crippen LogP contribution in [0.5, 0.6) is 0 Å². The zero-order chi connectivity index (χ0) is 13.7. The molecule has 0 heterocycles. The third-order valence-electron chi connectivity index (χ3n) is 2.76. The van der Waals surface area contributed by atoms with Gasteiger partial charge >= 0.3 is 12.0 Å². The SMILES string of the molecule is O=C(O)/C=C/c1ccc(CNC(=O)NC2CC2)cc1. The van der Waals surface area contributed by atoms with Gasteiger partial charge in [0, 0.05) is 18.7 Å². The summed E-state index contributed by atoms with van der Waals surface area (Å²) in [6, 6.07) is 7.56. The molecule has 0 saturated heterocycles. The van der Waals surface area contributed by atoms with Crippen molar-refractivity contribution in [1.82, 2.24) is 10.6 Å². The van der Waals surface area contributed by atoms with E-state index in [0.29, 0.717) is 12.6 Å². The number of hydrogen-bond donors (Lipinski definition) is 3. The van der Waals surface area contributed by atoms with E-state index in [-0.39, 0.29) is 6.03 Å². The van der Waals surface area contributed by atoms with E-state index in [1.54, 1.807) is 0 Å². The Morgan fingerprint density at radius 3 is 2.53 bits per heavy atom. The third-order valence-corrected chi connectivity index (χ3v) is 2.76. The molecule has 0 bridgehead atoms. The van der Waals surface area contributed by atoms with Crippen molar-refractivity contribution in [3.05, 3.63) is 41.5 Å². The van der Waals surface area contributed by atoms with E-state index in [0.717, 1.165) is 30.0 Å². The van der Waals surface area contributed by atoms with Crippen molar-refractivity contribution in [2.75, 3.05) is 0 Å². The number of benzene rings is 1. The van der Waals surface area contributed by atoms with Crippen molar-refractivity contribution in [2.24, 2.45) is 0 Å². The highest BCUT2D eigenvalue weighted by atomic mass is 16.4. The molecule has 0 aliphatic heterocycles. The van der Waals surface area contributed by atoms with Crippen LogP contribution >= 0.6 is 0 Å². The molecule has 1 aliphatic carbocycles. The Morgan fingerprint density at radius 2 is 1.95 bits per heavy atom. The Hall–Kier alpha value is -2.30. The second-order valence-corrected chi connectivity index (χ2v) is 4.51. The molecule has 1 aromatic carbocycles. The van der Waals surface area contributed by atoms with E-state index in [9.17, 15) is 9.59 Å². The first-order chi connectivity index (χ1) is 9.13. The average Bonchev–Trinajstić information content (AvgIpc) is 3.19. The number of nitrogens with one attached hydrogen (secondary N) is 2. The monoisotopic (exact) mass is 260 g/mol. The second kappa shape index (κ2) is 6.04. The second-order valence-electron chi connectivity index (χ2n) is 4.51. The van der Waals surface area contributed by atoms with E-state index in [1.165, 1.54) is 6.08 Å². The minimum absolute atomic E-state index is 0.141. The lowest BCUT2D eigenvalue weighted by Crippen LogP contribution is -2.36. The van der Waals surface area contributed by atoms with Gasteiger partial charge in [-0.2, -0.15) is 0 Å². The number of urea groups is 1. The maximum Gasteiger partial charge on any atom is 0.328 e. The fourth-order valence-corrected chi connectivity index (χ4v) is 1.56. The fraction of sp³-hybridized carbons (Fsp3) is 0.286. The summed E-state index contributed by atoms with van der Waals surface area (Å²) in [4.78, 5) is 21.8. The Morgan fingerprint density at radius 1 is 1.26 bits per heavy atom. The molecule has 1 fully saturated rings. The number of carbonyl (C=O) groups is 2. The molecule has 5 heteroatoms. The summed E-state index contributed by atoms with van der Waals surface area (Å²) in [5.74, 6) is -0.970. The first kappa shape index (κ1) is 13.1. The largest absolute Gasteiger partial charge is 0.478 e. The van der Waals surface area contributed by atoms with E-state index in [4.69, 9.17) is 5.11 Å². The van der Waals surface area contributed by atoms with Gasteiger partial charge in [-0.05, 0) is 30.0 Å². The highest BCUT2D eigenvalue weighted by Crippen LogP contribution is 2.18. The minimum Gasteiger partial charge on any atom is -0.478 e. The number of hydrogen-bond acceptors (Lipinski definition) is 2. The molecule has 5 nitrogen and oxygen atoms in total. The van der Waals surface area contributed by atoms with Crippen molar-refractivity contribution in [3.8, 4) is 0 Å². The van der Waals surface area contributed by atoms with Gasteiger partial charge in [0.15, 0.2) is 0 Å². The predicted molar refractivity (Wildman–Crippen MR) is 71.5 cm³/mol. The normalized spacial score (nSPS) is 14.3. The molecule has 0 aromatic heterocycles. The van der Waals surface area contributed by atoms with Crippen molar-refractivity contribution >= 4 is 18.1 Å². The standard InChI is InChI=1S/C14H16N2O3/c17-13(18)8-5-10-1-3-11(4-2-10)9-15-14(19)16-12-6-7-12/h1-5,8,12H,6-7,9H2,(H,17,18)(H2,15,16,19)/b8-5+. The van der Waals surface area contributed by atoms with Crippen LogP contribution in [-0.2, 0) is 11.3 Å². The molecule has 1 saturated carbocycles. The lowest BCUT2D eigenvalue weighted by atomic mass is 10.1. The summed E-state index contributed by atoms with van der Waals surface area (Å²) in [5, 5.41) is 14.1. The highest BCUT2D eigenvalue weighted by molar-refractivity contribution is 5.85. The summed E-state index contributed by atoms with van der Waals surface area (Å²) >= 11 is 0. The molecule has 1 aromatic rings. The number of amides is 2. The maximum atomic E-state index is 11.4. The van der Waals surface area contributed by atoms with Gasteiger partial charge in [0.2, 0.25) is 0 Å². The van der Waals surface area contributed by atoms with E-state index in [2.05, 4.69) is 10.6 Å². The molecular formula is C14H16N2O3. The van der Waals surface area contributed by atoms with Crippen molar-refractivity contribution < 1.29 is 14.7 Å². The van der Waals surface area contributed by atoms with Gasteiger partial charge in [-0.25, -0.2) is 9.59 Å². The molecule has 2 rings (SSSR count). The number of carbonyl (C=O) groups excluding carboxylic acids is 1. The van der Waals surface area contributed by atoms with Crippen LogP contribution < -0.4 is 10.6 Å². The van der Waals surface area contributed by atoms with Crippen LogP contribution in [0.15, 0.2) is 30.3 Å². The Labute approximate surface area is 111 Å². The highest BCUT2D eigenvalue weighted by Gasteiger charge is 2.22. The average molecular weight is 260 g/mol. The lowest BCUT2D eigenvalue weighted by molar-refractivity contribution is -0.131. The molecule has 0 spiro atoms. The third kappa shape index (κ3) is 4.83. The smallest absolute Gasteiger partial charge is 0.328 e. The van der Waals surface area contributed by atoms with E-state index >= 15 is 0 Å². The maximum absolute atomic E-state index is 11.4. The van der Waals surface area contributed by atoms with Crippen LogP contribution in [0.3, 0.4) is 0 Å². The number of carboxylic acid groups (broad SMARTS) is 1. The van der Waals surface area contributed by atoms with Gasteiger partial charge < -0.3 is 15.7 Å². The van der Waals surface area contributed by atoms with E-state index < -0.39 is 5.97 Å². The molecule has 0 unspecified atom stereocenters. The van der Waals surface area contributed by atoms with Crippen LogP contribution in [0, 0.1) is 0 Å². The summed E-state index contributed by atoms with van der Waals surface area (Å²) in [5.41, 5.74) is 1.78. The molecule has 1 aliphatic rings. The number of rotatable bonds is 5. The topological polar surface area (TPSA) is 78.4 Å². The van der Waals surface area contributed by atoms with Crippen LogP contribution in [0.2, 0.25) is 0 Å². The zero-order valence-corrected chi connectivity index (χ0v) is 10.4. The summed E-state index contributed by atoms with van der Waals surface area (Å²) in [6.45, 7) is 0.460. The number of aliphatic carboxylic acids is 1. The Bertz CT molecular complexity index is 490. The molecule has 100 valence electrons. The van der Waals surface area contributed by atoms with Crippen molar-refractivity contribution in [3.63, 3.8) is 0 Å². The van der Waals surface area contributed by atoms with E-state index in [1.807, 2.05) is 24.3 Å². The van der Waals surface area contributed by atoms with Gasteiger partial charge in [-0.15, -0.1) is 0 Å². The lowest BCUT2D eigenvalue weighted by Gasteiger charge is -2.06. The molecular weight excluding hydrogens is 244 g/mol. The molecule has 19 heavy (non-hydrogen) atoms. The van der Waals surface area contributed by atoms with Crippen molar-refractivity contribution in [1.29, 1.82) is 0 Å². The molecule has 3 N–H and O–H groups in total. The molecule has 0 radical (unpaired) electrons. The zero-order valence-electron chi connectivity index (χ0n) is 10.4. The Kier molecular flexibility index (Phi) is 4.18. The Balaban J connectivity index is 1.80. The van der Waals surface area contributed by atoms with Crippen LogP contribution in [0.4, 0.5) is 4.79 Å². The van der Waals surface area contributed by atoms with Gasteiger partial charge in [0.05, 0.1) is 0 Å². The summed E-state index contributed by atoms with van der Waals surface area (Å²) < 4.78 is 0.